The molecule has 1 heteroatoms. The number of allylic oxidation sites excluding steroid dienone is 4. The van der Waals surface area contributed by atoms with Gasteiger partial charge in [0.25, 0.3) is 0 Å². The molecule has 0 bridgehead atoms. The number of carbonyl (C=O) groups excluding carboxylic acids is 1. The van der Waals surface area contributed by atoms with Gasteiger partial charge in [-0.1, -0.05) is 51.8 Å². The van der Waals surface area contributed by atoms with Gasteiger partial charge < -0.3 is 0 Å². The summed E-state index contributed by atoms with van der Waals surface area (Å²) in [6, 6.07) is 0. The molecular weight excluding hydrogens is 268 g/mol. The zero-order valence-corrected chi connectivity index (χ0v) is 15.0. The topological polar surface area (TPSA) is 17.1 Å². The largest absolute Gasteiger partial charge is 0.299 e. The summed E-state index contributed by atoms with van der Waals surface area (Å²) in [5, 5.41) is 0. The van der Waals surface area contributed by atoms with E-state index in [-0.39, 0.29) is 5.41 Å². The molecule has 0 amide bonds. The van der Waals surface area contributed by atoms with Crippen molar-refractivity contribution in [2.75, 3.05) is 0 Å². The van der Waals surface area contributed by atoms with Crippen molar-refractivity contribution in [3.8, 4) is 0 Å². The predicted octanol–water partition coefficient (Wildman–Crippen LogP) is 5.71. The molecule has 0 aliphatic heterocycles. The van der Waals surface area contributed by atoms with Gasteiger partial charge in [0.05, 0.1) is 0 Å². The first-order valence-electron chi connectivity index (χ1n) is 9.20. The fraction of sp³-hybridized carbons (Fsp3) is 0.762. The normalized spacial score (nSPS) is 41.4. The highest BCUT2D eigenvalue weighted by molar-refractivity contribution is 5.82. The van der Waals surface area contributed by atoms with E-state index in [0.717, 1.165) is 12.8 Å². The number of hydrogen-bond donors (Lipinski definition) is 0. The van der Waals surface area contributed by atoms with Gasteiger partial charge in [-0.05, 0) is 67.8 Å². The van der Waals surface area contributed by atoms with Crippen LogP contribution in [0.5, 0.6) is 0 Å². The van der Waals surface area contributed by atoms with Crippen molar-refractivity contribution in [2.24, 2.45) is 28.6 Å². The summed E-state index contributed by atoms with van der Waals surface area (Å²) in [7, 11) is 0. The van der Waals surface area contributed by atoms with E-state index in [4.69, 9.17) is 0 Å². The van der Waals surface area contributed by atoms with Gasteiger partial charge in [0.1, 0.15) is 5.78 Å². The molecule has 0 aromatic heterocycles. The smallest absolute Gasteiger partial charge is 0.135 e. The Morgan fingerprint density at radius 1 is 1.27 bits per heavy atom. The number of fused-ring (bicyclic) bond motifs is 3. The van der Waals surface area contributed by atoms with Crippen molar-refractivity contribution in [1.82, 2.24) is 0 Å². The minimum Gasteiger partial charge on any atom is -0.299 e. The van der Waals surface area contributed by atoms with Crippen LogP contribution in [0.2, 0.25) is 0 Å². The minimum atomic E-state index is -0.100. The van der Waals surface area contributed by atoms with Crippen molar-refractivity contribution in [1.29, 1.82) is 0 Å². The number of hydrogen-bond acceptors (Lipinski definition) is 1. The van der Waals surface area contributed by atoms with Crippen molar-refractivity contribution < 1.29 is 4.79 Å². The van der Waals surface area contributed by atoms with Gasteiger partial charge in [0, 0.05) is 5.41 Å². The Balaban J connectivity index is 2.00. The summed E-state index contributed by atoms with van der Waals surface area (Å²) < 4.78 is 0. The predicted molar refractivity (Wildman–Crippen MR) is 92.6 cm³/mol. The van der Waals surface area contributed by atoms with E-state index in [9.17, 15) is 4.79 Å². The molecular formula is C21H32O. The van der Waals surface area contributed by atoms with Crippen molar-refractivity contribution in [3.63, 3.8) is 0 Å². The highest BCUT2D eigenvalue weighted by atomic mass is 16.1. The van der Waals surface area contributed by atoms with E-state index < -0.39 is 0 Å². The lowest BCUT2D eigenvalue weighted by atomic mass is 9.46. The maximum absolute atomic E-state index is 12.4. The highest BCUT2D eigenvalue weighted by Gasteiger charge is 2.55. The summed E-state index contributed by atoms with van der Waals surface area (Å²) in [6.07, 6.45) is 12.2. The summed E-state index contributed by atoms with van der Waals surface area (Å²) in [5.41, 5.74) is 3.43. The molecule has 0 aromatic carbocycles. The van der Waals surface area contributed by atoms with Crippen LogP contribution in [-0.4, -0.2) is 5.78 Å². The van der Waals surface area contributed by atoms with E-state index in [1.54, 1.807) is 11.1 Å². The molecule has 3 aliphatic rings. The lowest BCUT2D eigenvalue weighted by Crippen LogP contribution is -2.52. The van der Waals surface area contributed by atoms with Gasteiger partial charge in [0.15, 0.2) is 0 Å². The Bertz CT molecular complexity index is 538. The molecule has 0 heterocycles. The first-order valence-corrected chi connectivity index (χ1v) is 9.20. The zero-order chi connectivity index (χ0) is 16.1. The van der Waals surface area contributed by atoms with Crippen LogP contribution in [0.4, 0.5) is 0 Å². The number of rotatable bonds is 2. The van der Waals surface area contributed by atoms with Crippen LogP contribution in [0.3, 0.4) is 0 Å². The molecule has 22 heavy (non-hydrogen) atoms. The third kappa shape index (κ3) is 2.23. The van der Waals surface area contributed by atoms with Crippen LogP contribution >= 0.6 is 0 Å². The van der Waals surface area contributed by atoms with Crippen LogP contribution in [-0.2, 0) is 4.79 Å². The molecule has 1 fully saturated rings. The molecule has 4 unspecified atom stereocenters. The molecule has 3 aliphatic carbocycles. The third-order valence-corrected chi connectivity index (χ3v) is 7.38. The van der Waals surface area contributed by atoms with Crippen molar-refractivity contribution in [3.05, 3.63) is 23.3 Å². The van der Waals surface area contributed by atoms with Gasteiger partial charge >= 0.3 is 0 Å². The van der Waals surface area contributed by atoms with E-state index in [2.05, 4.69) is 39.8 Å². The summed E-state index contributed by atoms with van der Waals surface area (Å²) in [5.74, 6) is 2.29. The lowest BCUT2D eigenvalue weighted by molar-refractivity contribution is -0.139. The first kappa shape index (κ1) is 16.0. The molecule has 4 atom stereocenters. The fourth-order valence-corrected chi connectivity index (χ4v) is 5.77. The van der Waals surface area contributed by atoms with Gasteiger partial charge in [-0.15, -0.1) is 0 Å². The number of ketones is 1. The molecule has 1 saturated carbocycles. The Hall–Kier alpha value is -0.850. The van der Waals surface area contributed by atoms with Gasteiger partial charge in [-0.2, -0.15) is 0 Å². The Labute approximate surface area is 136 Å². The second-order valence-corrected chi connectivity index (χ2v) is 8.79. The maximum atomic E-state index is 12.4. The van der Waals surface area contributed by atoms with E-state index in [1.807, 2.05) is 6.92 Å². The van der Waals surface area contributed by atoms with Gasteiger partial charge in [0.2, 0.25) is 0 Å². The monoisotopic (exact) mass is 300 g/mol. The SMILES string of the molecule is CC(=O)C1(C)CCCC2(C)C3CCC(C(C)C)=CC3=CCC12. The van der Waals surface area contributed by atoms with E-state index in [1.165, 1.54) is 25.7 Å². The minimum absolute atomic E-state index is 0.100. The fourth-order valence-electron chi connectivity index (χ4n) is 5.77. The van der Waals surface area contributed by atoms with Crippen molar-refractivity contribution in [2.45, 2.75) is 73.1 Å². The molecule has 0 saturated heterocycles. The molecule has 3 rings (SSSR count). The standard InChI is InChI=1S/C21H32O/c1-14(2)16-7-9-18-17(13-16)8-10-19-20(4,15(3)22)11-6-12-21(18,19)5/h8,13-14,18-19H,6-7,9-12H2,1-5H3. The molecule has 0 aromatic rings. The first-order chi connectivity index (χ1) is 10.3. The average Bonchev–Trinajstić information content (AvgIpc) is 2.46. The summed E-state index contributed by atoms with van der Waals surface area (Å²) in [6.45, 7) is 11.2. The summed E-state index contributed by atoms with van der Waals surface area (Å²) in [4.78, 5) is 12.4. The third-order valence-electron chi connectivity index (χ3n) is 7.38. The second-order valence-electron chi connectivity index (χ2n) is 8.79. The van der Waals surface area contributed by atoms with Crippen LogP contribution in [0.25, 0.3) is 0 Å². The highest BCUT2D eigenvalue weighted by Crippen LogP contribution is 2.62. The Morgan fingerprint density at radius 3 is 2.64 bits per heavy atom. The molecule has 0 spiro atoms. The van der Waals surface area contributed by atoms with Crippen molar-refractivity contribution >= 4 is 5.78 Å². The second kappa shape index (κ2) is 5.35. The van der Waals surface area contributed by atoms with Crippen LogP contribution < -0.4 is 0 Å². The van der Waals surface area contributed by atoms with Gasteiger partial charge in [-0.25, -0.2) is 0 Å². The van der Waals surface area contributed by atoms with Crippen LogP contribution in [0.15, 0.2) is 23.3 Å². The average molecular weight is 300 g/mol. The maximum Gasteiger partial charge on any atom is 0.135 e. The molecule has 0 radical (unpaired) electrons. The summed E-state index contributed by atoms with van der Waals surface area (Å²) >= 11 is 0. The molecule has 0 N–H and O–H groups in total. The lowest BCUT2D eigenvalue weighted by Gasteiger charge is -2.57. The van der Waals surface area contributed by atoms with Crippen LogP contribution in [0.1, 0.15) is 73.1 Å². The van der Waals surface area contributed by atoms with Gasteiger partial charge in [-0.3, -0.25) is 4.79 Å². The quantitative estimate of drug-likeness (QED) is 0.638. The zero-order valence-electron chi connectivity index (χ0n) is 15.0. The Kier molecular flexibility index (Phi) is 3.90. The van der Waals surface area contributed by atoms with E-state index >= 15 is 0 Å². The number of Topliss-reactive ketones (excluding diaryl/α,β-unsaturated/α-hetero) is 1. The number of carbonyl (C=O) groups is 1. The molecule has 1 nitrogen and oxygen atoms in total. The molecule has 122 valence electrons. The Morgan fingerprint density at radius 2 is 2.00 bits per heavy atom. The van der Waals surface area contributed by atoms with Crippen LogP contribution in [0, 0.1) is 28.6 Å². The van der Waals surface area contributed by atoms with E-state index in [0.29, 0.717) is 29.0 Å².